The highest BCUT2D eigenvalue weighted by molar-refractivity contribution is 7.89. The Morgan fingerprint density at radius 3 is 2.09 bits per heavy atom. The normalized spacial score (nSPS) is 20.9. The molecule has 2 fully saturated rings. The van der Waals surface area contributed by atoms with Gasteiger partial charge in [-0.3, -0.25) is 14.5 Å². The van der Waals surface area contributed by atoms with E-state index in [-0.39, 0.29) is 31.3 Å². The Labute approximate surface area is 189 Å². The molecule has 0 aromatic heterocycles. The van der Waals surface area contributed by atoms with E-state index in [4.69, 9.17) is 0 Å². The number of piperazine rings is 1. The van der Waals surface area contributed by atoms with Crippen molar-refractivity contribution < 1.29 is 18.0 Å². The molecule has 2 aromatic rings. The Morgan fingerprint density at radius 2 is 1.47 bits per heavy atom. The van der Waals surface area contributed by atoms with Gasteiger partial charge in [0.05, 0.1) is 23.0 Å². The summed E-state index contributed by atoms with van der Waals surface area (Å²) >= 11 is 0. The van der Waals surface area contributed by atoms with Crippen LogP contribution in [-0.4, -0.2) is 61.7 Å². The summed E-state index contributed by atoms with van der Waals surface area (Å²) in [5.74, 6) is -0.430. The van der Waals surface area contributed by atoms with Crippen LogP contribution in [0.25, 0.3) is 0 Å². The van der Waals surface area contributed by atoms with Gasteiger partial charge in [-0.25, -0.2) is 13.3 Å². The van der Waals surface area contributed by atoms with Gasteiger partial charge in [0.2, 0.25) is 15.9 Å². The maximum absolute atomic E-state index is 13.2. The molecule has 0 radical (unpaired) electrons. The van der Waals surface area contributed by atoms with Crippen molar-refractivity contribution in [1.29, 1.82) is 0 Å². The van der Waals surface area contributed by atoms with Crippen LogP contribution < -0.4 is 4.90 Å². The van der Waals surface area contributed by atoms with Gasteiger partial charge in [0.1, 0.15) is 0 Å². The summed E-state index contributed by atoms with van der Waals surface area (Å²) in [4.78, 5) is 29.6. The van der Waals surface area contributed by atoms with Gasteiger partial charge in [-0.15, -0.1) is 0 Å². The number of carbonyl (C=O) groups is 2. The van der Waals surface area contributed by atoms with Crippen molar-refractivity contribution in [2.45, 2.75) is 45.1 Å². The molecular formula is C24H29N3O4S. The number of sulfonamides is 1. The molecular weight excluding hydrogens is 426 g/mol. The first-order valence-electron chi connectivity index (χ1n) is 10.9. The zero-order valence-corrected chi connectivity index (χ0v) is 19.8. The van der Waals surface area contributed by atoms with Gasteiger partial charge in [0.15, 0.2) is 0 Å². The number of hydrogen-bond donors (Lipinski definition) is 0. The minimum absolute atomic E-state index is 0.121. The third-order valence-electron chi connectivity index (χ3n) is 6.46. The zero-order valence-electron chi connectivity index (χ0n) is 19.0. The van der Waals surface area contributed by atoms with Crippen LogP contribution in [0.1, 0.15) is 28.7 Å². The van der Waals surface area contributed by atoms with E-state index in [1.807, 2.05) is 56.0 Å². The van der Waals surface area contributed by atoms with Gasteiger partial charge in [0.25, 0.3) is 5.91 Å². The molecule has 2 saturated heterocycles. The molecule has 7 nitrogen and oxygen atoms in total. The van der Waals surface area contributed by atoms with Crippen LogP contribution in [0.15, 0.2) is 41.3 Å². The molecule has 0 bridgehead atoms. The van der Waals surface area contributed by atoms with Gasteiger partial charge in [-0.1, -0.05) is 30.3 Å². The van der Waals surface area contributed by atoms with Crippen LogP contribution >= 0.6 is 0 Å². The first-order valence-corrected chi connectivity index (χ1v) is 12.3. The number of carbonyl (C=O) groups excluding carboxylic acids is 2. The second kappa shape index (κ2) is 8.42. The number of nitrogens with zero attached hydrogens (tertiary/aromatic N) is 3. The molecule has 0 N–H and O–H groups in total. The monoisotopic (exact) mass is 455 g/mol. The fraction of sp³-hybridized carbons (Fsp3) is 0.417. The predicted molar refractivity (Wildman–Crippen MR) is 123 cm³/mol. The number of imide groups is 1. The summed E-state index contributed by atoms with van der Waals surface area (Å²) in [6.45, 7) is 8.87. The van der Waals surface area contributed by atoms with Gasteiger partial charge < -0.3 is 0 Å². The van der Waals surface area contributed by atoms with Crippen molar-refractivity contribution in [2.24, 2.45) is 0 Å². The SMILES string of the molecule is Cc1ccc(C)c(S(=O)(=O)N2CCN([C@@H]3CC(=O)N(c4c(C)cccc4C)C3=O)CC2)c1. The Balaban J connectivity index is 1.50. The Morgan fingerprint density at radius 1 is 0.844 bits per heavy atom. The zero-order chi connectivity index (χ0) is 23.2. The van der Waals surface area contributed by atoms with Crippen LogP contribution in [0.3, 0.4) is 0 Å². The highest BCUT2D eigenvalue weighted by Gasteiger charge is 2.45. The molecule has 32 heavy (non-hydrogen) atoms. The lowest BCUT2D eigenvalue weighted by Gasteiger charge is -2.36. The summed E-state index contributed by atoms with van der Waals surface area (Å²) < 4.78 is 27.9. The van der Waals surface area contributed by atoms with Crippen LogP contribution in [0, 0.1) is 27.7 Å². The first kappa shape index (κ1) is 22.6. The van der Waals surface area contributed by atoms with E-state index in [1.54, 1.807) is 13.0 Å². The maximum Gasteiger partial charge on any atom is 0.251 e. The summed E-state index contributed by atoms with van der Waals surface area (Å²) in [7, 11) is -3.61. The Hall–Kier alpha value is -2.55. The molecule has 2 amide bonds. The van der Waals surface area contributed by atoms with Crippen LogP contribution in [0.2, 0.25) is 0 Å². The molecule has 0 spiro atoms. The number of para-hydroxylation sites is 1. The summed E-state index contributed by atoms with van der Waals surface area (Å²) in [6, 6.07) is 10.6. The average molecular weight is 456 g/mol. The van der Waals surface area contributed by atoms with Gasteiger partial charge in [-0.05, 0) is 56.0 Å². The largest absolute Gasteiger partial charge is 0.289 e. The lowest BCUT2D eigenvalue weighted by molar-refractivity contribution is -0.123. The lowest BCUT2D eigenvalue weighted by Crippen LogP contribution is -2.53. The number of aryl methyl sites for hydroxylation is 4. The molecule has 2 aliphatic heterocycles. The average Bonchev–Trinajstić information content (AvgIpc) is 3.04. The van der Waals surface area contributed by atoms with Crippen molar-refractivity contribution in [1.82, 2.24) is 9.21 Å². The first-order chi connectivity index (χ1) is 15.1. The van der Waals surface area contributed by atoms with Gasteiger partial charge in [0, 0.05) is 26.2 Å². The quantitative estimate of drug-likeness (QED) is 0.662. The van der Waals surface area contributed by atoms with Gasteiger partial charge in [-0.2, -0.15) is 4.31 Å². The lowest BCUT2D eigenvalue weighted by atomic mass is 10.1. The standard InChI is InChI=1S/C24H29N3O4S/c1-16-8-9-17(2)21(14-16)32(30,31)26-12-10-25(11-13-26)20-15-22(28)27(24(20)29)23-18(3)6-5-7-19(23)4/h5-9,14,20H,10-13,15H2,1-4H3/t20-/m1/s1. The molecule has 2 aromatic carbocycles. The predicted octanol–water partition coefficient (Wildman–Crippen LogP) is 2.56. The van der Waals surface area contributed by atoms with Crippen LogP contribution in [-0.2, 0) is 19.6 Å². The van der Waals surface area contributed by atoms with E-state index in [0.717, 1.165) is 22.3 Å². The van der Waals surface area contributed by atoms with E-state index in [2.05, 4.69) is 0 Å². The third-order valence-corrected chi connectivity index (χ3v) is 8.50. The van der Waals surface area contributed by atoms with E-state index in [9.17, 15) is 18.0 Å². The second-order valence-corrected chi connectivity index (χ2v) is 10.6. The van der Waals surface area contributed by atoms with Gasteiger partial charge >= 0.3 is 0 Å². The molecule has 2 aliphatic rings. The molecule has 2 heterocycles. The summed E-state index contributed by atoms with van der Waals surface area (Å²) in [6.07, 6.45) is 0.121. The highest BCUT2D eigenvalue weighted by Crippen LogP contribution is 2.32. The maximum atomic E-state index is 13.2. The number of benzene rings is 2. The molecule has 170 valence electrons. The minimum Gasteiger partial charge on any atom is -0.289 e. The van der Waals surface area contributed by atoms with Crippen molar-refractivity contribution in [3.63, 3.8) is 0 Å². The van der Waals surface area contributed by atoms with Crippen molar-refractivity contribution in [3.05, 3.63) is 58.7 Å². The number of hydrogen-bond acceptors (Lipinski definition) is 5. The highest BCUT2D eigenvalue weighted by atomic mass is 32.2. The van der Waals surface area contributed by atoms with Crippen LogP contribution in [0.5, 0.6) is 0 Å². The van der Waals surface area contributed by atoms with E-state index in [1.165, 1.54) is 9.21 Å². The van der Waals surface area contributed by atoms with Crippen molar-refractivity contribution in [2.75, 3.05) is 31.1 Å². The van der Waals surface area contributed by atoms with E-state index < -0.39 is 16.1 Å². The molecule has 0 aliphatic carbocycles. The smallest absolute Gasteiger partial charge is 0.251 e. The summed E-state index contributed by atoms with van der Waals surface area (Å²) in [5, 5.41) is 0. The number of amides is 2. The van der Waals surface area contributed by atoms with E-state index in [0.29, 0.717) is 23.7 Å². The number of anilines is 1. The second-order valence-electron chi connectivity index (χ2n) is 8.74. The number of rotatable bonds is 4. The fourth-order valence-corrected chi connectivity index (χ4v) is 6.41. The molecule has 4 rings (SSSR count). The molecule has 0 saturated carbocycles. The third kappa shape index (κ3) is 3.87. The molecule has 0 unspecified atom stereocenters. The molecule has 1 atom stereocenters. The fourth-order valence-electron chi connectivity index (χ4n) is 4.67. The van der Waals surface area contributed by atoms with Crippen molar-refractivity contribution in [3.8, 4) is 0 Å². The Bertz CT molecular complexity index is 1160. The van der Waals surface area contributed by atoms with Crippen LogP contribution in [0.4, 0.5) is 5.69 Å². The van der Waals surface area contributed by atoms with E-state index >= 15 is 0 Å². The topological polar surface area (TPSA) is 78.0 Å². The molecule has 8 heteroatoms. The summed E-state index contributed by atoms with van der Waals surface area (Å²) in [5.41, 5.74) is 4.06. The minimum atomic E-state index is -3.61. The Kier molecular flexibility index (Phi) is 5.96. The van der Waals surface area contributed by atoms with Crippen molar-refractivity contribution >= 4 is 27.5 Å².